The Bertz CT molecular complexity index is 1280. The number of carbonyl (C=O) groups is 1. The zero-order chi connectivity index (χ0) is 23.8. The van der Waals surface area contributed by atoms with E-state index in [1.54, 1.807) is 18.2 Å². The van der Waals surface area contributed by atoms with E-state index in [-0.39, 0.29) is 16.3 Å². The number of nitrogens with zero attached hydrogens (tertiary/aromatic N) is 1. The highest BCUT2D eigenvalue weighted by Crippen LogP contribution is 2.37. The monoisotopic (exact) mass is 467 g/mol. The number of benzene rings is 2. The third-order valence-corrected chi connectivity index (χ3v) is 6.08. The molecule has 1 aromatic heterocycles. The van der Waals surface area contributed by atoms with Gasteiger partial charge in [0.2, 0.25) is 0 Å². The molecule has 0 fully saturated rings. The number of Topliss-reactive ketones (excluding diaryl/α,β-unsaturated/α-hetero) is 1. The number of alkyl halides is 3. The first-order chi connectivity index (χ1) is 14.9. The van der Waals surface area contributed by atoms with Gasteiger partial charge in [0.15, 0.2) is 9.84 Å². The summed E-state index contributed by atoms with van der Waals surface area (Å²) >= 11 is 0. The Balaban J connectivity index is 2.34. The highest BCUT2D eigenvalue weighted by Gasteiger charge is 2.41. The molecule has 6 nitrogen and oxygen atoms in total. The van der Waals surface area contributed by atoms with Crippen LogP contribution in [0.1, 0.15) is 16.1 Å². The van der Waals surface area contributed by atoms with Gasteiger partial charge in [0.25, 0.3) is 5.78 Å². The first kappa shape index (κ1) is 23.4. The van der Waals surface area contributed by atoms with Gasteiger partial charge in [-0.3, -0.25) is 4.79 Å². The van der Waals surface area contributed by atoms with Gasteiger partial charge in [-0.2, -0.15) is 13.2 Å². The van der Waals surface area contributed by atoms with Gasteiger partial charge in [-0.15, -0.1) is 0 Å². The van der Waals surface area contributed by atoms with E-state index in [1.165, 1.54) is 50.0 Å². The molecule has 2 aromatic carbocycles. The Kier molecular flexibility index (Phi) is 6.10. The maximum atomic E-state index is 13.2. The molecule has 32 heavy (non-hydrogen) atoms. The van der Waals surface area contributed by atoms with Crippen LogP contribution in [0.4, 0.5) is 13.2 Å². The number of hydrogen-bond acceptors (Lipinski definition) is 5. The number of ketones is 1. The second kappa shape index (κ2) is 8.34. The highest BCUT2D eigenvalue weighted by atomic mass is 32.2. The zero-order valence-corrected chi connectivity index (χ0v) is 18.5. The van der Waals surface area contributed by atoms with Crippen molar-refractivity contribution in [2.75, 3.05) is 20.5 Å². The SMILES string of the molecule is COc1ccc(OC)c(-n2c(-c3ccc(S(C)(=O)=O)cc3)cc(C(=O)C(F)(F)F)c2C)c1. The maximum Gasteiger partial charge on any atom is 0.454 e. The molecular weight excluding hydrogens is 447 g/mol. The van der Waals surface area contributed by atoms with Crippen molar-refractivity contribution in [1.29, 1.82) is 0 Å². The van der Waals surface area contributed by atoms with Crippen LogP contribution in [0.5, 0.6) is 11.5 Å². The van der Waals surface area contributed by atoms with Crippen molar-refractivity contribution in [3.8, 4) is 28.4 Å². The van der Waals surface area contributed by atoms with Gasteiger partial charge >= 0.3 is 6.18 Å². The van der Waals surface area contributed by atoms with Crippen LogP contribution in [-0.4, -0.2) is 45.4 Å². The molecule has 0 atom stereocenters. The molecule has 0 aliphatic carbocycles. The van der Waals surface area contributed by atoms with Gasteiger partial charge in [0.05, 0.1) is 30.5 Å². The smallest absolute Gasteiger partial charge is 0.454 e. The van der Waals surface area contributed by atoms with Crippen LogP contribution in [0.2, 0.25) is 0 Å². The number of hydrogen-bond donors (Lipinski definition) is 0. The molecule has 0 bridgehead atoms. The van der Waals surface area contributed by atoms with E-state index in [0.29, 0.717) is 22.7 Å². The van der Waals surface area contributed by atoms with Gasteiger partial charge < -0.3 is 14.0 Å². The van der Waals surface area contributed by atoms with Gasteiger partial charge in [0.1, 0.15) is 11.5 Å². The van der Waals surface area contributed by atoms with Crippen LogP contribution < -0.4 is 9.47 Å². The predicted octanol–water partition coefficient (Wildman–Crippen LogP) is 4.62. The van der Waals surface area contributed by atoms with Crippen LogP contribution in [0.15, 0.2) is 53.4 Å². The molecule has 0 N–H and O–H groups in total. The van der Waals surface area contributed by atoms with E-state index in [1.807, 2.05) is 0 Å². The fourth-order valence-electron chi connectivity index (χ4n) is 3.36. The molecule has 0 amide bonds. The summed E-state index contributed by atoms with van der Waals surface area (Å²) in [5.74, 6) is -1.22. The minimum atomic E-state index is -5.06. The van der Waals surface area contributed by atoms with E-state index in [4.69, 9.17) is 9.47 Å². The molecule has 0 saturated carbocycles. The summed E-state index contributed by atoms with van der Waals surface area (Å²) < 4.78 is 75.3. The predicted molar refractivity (Wildman–Crippen MR) is 113 cm³/mol. The fourth-order valence-corrected chi connectivity index (χ4v) is 3.99. The standard InChI is InChI=1S/C22H20F3NO5S/c1-13-17(21(27)22(23,24)25)12-18(14-5-8-16(9-6-14)32(4,28)29)26(13)19-11-15(30-2)7-10-20(19)31-3/h5-12H,1-4H3. The van der Waals surface area contributed by atoms with Crippen LogP contribution in [0.25, 0.3) is 16.9 Å². The lowest BCUT2D eigenvalue weighted by Gasteiger charge is -2.17. The van der Waals surface area contributed by atoms with Crippen molar-refractivity contribution in [2.45, 2.75) is 18.0 Å². The second-order valence-corrected chi connectivity index (χ2v) is 9.04. The Morgan fingerprint density at radius 1 is 0.969 bits per heavy atom. The average molecular weight is 467 g/mol. The fraction of sp³-hybridized carbons (Fsp3) is 0.227. The van der Waals surface area contributed by atoms with Crippen molar-refractivity contribution < 1.29 is 35.9 Å². The Morgan fingerprint density at radius 3 is 2.09 bits per heavy atom. The summed E-state index contributed by atoms with van der Waals surface area (Å²) in [4.78, 5) is 12.2. The number of carbonyl (C=O) groups excluding carboxylic acids is 1. The molecular formula is C22H20F3NO5S. The largest absolute Gasteiger partial charge is 0.497 e. The van der Waals surface area contributed by atoms with E-state index in [0.717, 1.165) is 12.3 Å². The number of halogens is 3. The maximum absolute atomic E-state index is 13.2. The summed E-state index contributed by atoms with van der Waals surface area (Å²) in [6, 6.07) is 11.6. The molecule has 0 unspecified atom stereocenters. The second-order valence-electron chi connectivity index (χ2n) is 7.03. The Labute approximate surface area is 183 Å². The third-order valence-electron chi connectivity index (χ3n) is 4.95. The molecule has 0 spiro atoms. The number of aromatic nitrogens is 1. The molecule has 170 valence electrons. The summed E-state index contributed by atoms with van der Waals surface area (Å²) in [6.07, 6.45) is -4.01. The average Bonchev–Trinajstić information content (AvgIpc) is 3.08. The molecule has 3 aromatic rings. The number of ether oxygens (including phenoxy) is 2. The van der Waals surface area contributed by atoms with Crippen molar-refractivity contribution in [2.24, 2.45) is 0 Å². The van der Waals surface area contributed by atoms with Crippen LogP contribution in [0, 0.1) is 6.92 Å². The first-order valence-electron chi connectivity index (χ1n) is 9.25. The van der Waals surface area contributed by atoms with Crippen molar-refractivity contribution >= 4 is 15.6 Å². The van der Waals surface area contributed by atoms with Gasteiger partial charge in [-0.05, 0) is 42.8 Å². The highest BCUT2D eigenvalue weighted by molar-refractivity contribution is 7.90. The summed E-state index contributed by atoms with van der Waals surface area (Å²) in [5, 5.41) is 0. The van der Waals surface area contributed by atoms with Gasteiger partial charge in [0, 0.05) is 23.6 Å². The first-order valence-corrected chi connectivity index (χ1v) is 11.1. The van der Waals surface area contributed by atoms with Crippen molar-refractivity contribution in [1.82, 2.24) is 4.57 Å². The van der Waals surface area contributed by atoms with Crippen LogP contribution in [0.3, 0.4) is 0 Å². The minimum Gasteiger partial charge on any atom is -0.497 e. The lowest BCUT2D eigenvalue weighted by molar-refractivity contribution is -0.0885. The molecule has 3 rings (SSSR count). The summed E-state index contributed by atoms with van der Waals surface area (Å²) in [7, 11) is -0.614. The molecule has 0 radical (unpaired) electrons. The molecule has 0 saturated heterocycles. The van der Waals surface area contributed by atoms with E-state index in [9.17, 15) is 26.4 Å². The quantitative estimate of drug-likeness (QED) is 0.495. The van der Waals surface area contributed by atoms with Crippen molar-refractivity contribution in [3.05, 3.63) is 59.8 Å². The Morgan fingerprint density at radius 2 is 1.59 bits per heavy atom. The number of sulfone groups is 1. The lowest BCUT2D eigenvalue weighted by Crippen LogP contribution is -2.23. The zero-order valence-electron chi connectivity index (χ0n) is 17.6. The topological polar surface area (TPSA) is 74.6 Å². The molecule has 10 heteroatoms. The van der Waals surface area contributed by atoms with Gasteiger partial charge in [-0.25, -0.2) is 8.42 Å². The third kappa shape index (κ3) is 4.36. The lowest BCUT2D eigenvalue weighted by atomic mass is 10.1. The minimum absolute atomic E-state index is 0.0427. The number of methoxy groups -OCH3 is 2. The van der Waals surface area contributed by atoms with E-state index < -0.39 is 27.4 Å². The Hall–Kier alpha value is -3.27. The van der Waals surface area contributed by atoms with E-state index in [2.05, 4.69) is 0 Å². The summed E-state index contributed by atoms with van der Waals surface area (Å²) in [5.41, 5.74) is 0.534. The number of rotatable bonds is 6. The molecule has 0 aliphatic rings. The normalized spacial score (nSPS) is 12.0. The van der Waals surface area contributed by atoms with Crippen molar-refractivity contribution in [3.63, 3.8) is 0 Å². The van der Waals surface area contributed by atoms with Gasteiger partial charge in [-0.1, -0.05) is 12.1 Å². The van der Waals surface area contributed by atoms with Crippen LogP contribution >= 0.6 is 0 Å². The van der Waals surface area contributed by atoms with E-state index >= 15 is 0 Å². The van der Waals surface area contributed by atoms with Crippen LogP contribution in [-0.2, 0) is 9.84 Å². The molecule has 1 heterocycles. The molecule has 0 aliphatic heterocycles. The summed E-state index contributed by atoms with van der Waals surface area (Å²) in [6.45, 7) is 1.40.